The average Bonchev–Trinajstić information content (AvgIpc) is 3.19. The van der Waals surface area contributed by atoms with Gasteiger partial charge in [-0.15, -0.1) is 0 Å². The maximum atomic E-state index is 12.0. The van der Waals surface area contributed by atoms with E-state index in [2.05, 4.69) is 10.3 Å². The molecule has 0 bridgehead atoms. The Hall–Kier alpha value is -1.72. The Bertz CT molecular complexity index is 752. The number of carbonyl (C=O) groups is 1. The molecule has 0 aliphatic heterocycles. The number of carbonyl (C=O) groups excluding carboxylic acids is 1. The van der Waals surface area contributed by atoms with Crippen molar-refractivity contribution in [2.24, 2.45) is 5.41 Å². The van der Waals surface area contributed by atoms with Gasteiger partial charge in [0.25, 0.3) is 0 Å². The van der Waals surface area contributed by atoms with Gasteiger partial charge in [0.2, 0.25) is 5.91 Å². The van der Waals surface area contributed by atoms with Gasteiger partial charge >= 0.3 is 0 Å². The summed E-state index contributed by atoms with van der Waals surface area (Å²) in [5.74, 6) is 0.743. The van der Waals surface area contributed by atoms with Gasteiger partial charge in [0.05, 0.1) is 17.7 Å². The first-order chi connectivity index (χ1) is 11.4. The molecule has 130 valence electrons. The molecule has 1 aliphatic carbocycles. The molecule has 1 atom stereocenters. The Morgan fingerprint density at radius 1 is 1.42 bits per heavy atom. The van der Waals surface area contributed by atoms with Crippen molar-refractivity contribution in [3.05, 3.63) is 28.9 Å². The molecule has 2 aromatic rings. The predicted molar refractivity (Wildman–Crippen MR) is 94.5 cm³/mol. The Kier molecular flexibility index (Phi) is 4.74. The molecular weight excluding hydrogens is 328 g/mol. The van der Waals surface area contributed by atoms with Crippen LogP contribution in [0.2, 0.25) is 5.02 Å². The van der Waals surface area contributed by atoms with Gasteiger partial charge in [0.15, 0.2) is 0 Å². The highest BCUT2D eigenvalue weighted by Gasteiger charge is 2.44. The summed E-state index contributed by atoms with van der Waals surface area (Å²) in [6.45, 7) is 4.85. The summed E-state index contributed by atoms with van der Waals surface area (Å²) in [5, 5.41) is 4.54. The summed E-state index contributed by atoms with van der Waals surface area (Å²) in [4.78, 5) is 15.3. The number of amides is 1. The van der Waals surface area contributed by atoms with Gasteiger partial charge in [-0.1, -0.05) is 18.5 Å². The van der Waals surface area contributed by atoms with E-state index < -0.39 is 0 Å². The van der Waals surface area contributed by atoms with Crippen LogP contribution in [-0.4, -0.2) is 30.7 Å². The number of hydrogen-bond donors (Lipinski definition) is 2. The highest BCUT2D eigenvalue weighted by atomic mass is 35.5. The minimum absolute atomic E-state index is 0.00466. The Balaban J connectivity index is 1.69. The molecule has 1 aromatic heterocycles. The van der Waals surface area contributed by atoms with E-state index in [0.29, 0.717) is 23.9 Å². The van der Waals surface area contributed by atoms with Crippen LogP contribution in [-0.2, 0) is 16.1 Å². The molecule has 0 spiro atoms. The molecular formula is C18H23ClN2O3. The molecule has 5 nitrogen and oxygen atoms in total. The fraction of sp³-hybridized carbons (Fsp3) is 0.500. The minimum Gasteiger partial charge on any atom is -0.489 e. The number of nitrogens with one attached hydrogen (secondary N) is 2. The number of benzene rings is 1. The molecule has 2 N–H and O–H groups in total. The van der Waals surface area contributed by atoms with E-state index in [1.807, 2.05) is 32.0 Å². The first kappa shape index (κ1) is 17.1. The Labute approximate surface area is 146 Å². The van der Waals surface area contributed by atoms with E-state index in [1.165, 1.54) is 0 Å². The molecule has 1 unspecified atom stereocenters. The summed E-state index contributed by atoms with van der Waals surface area (Å²) in [5.41, 5.74) is 1.72. The minimum atomic E-state index is -0.158. The van der Waals surface area contributed by atoms with Crippen molar-refractivity contribution in [2.75, 3.05) is 13.7 Å². The third kappa shape index (κ3) is 3.68. The van der Waals surface area contributed by atoms with Crippen LogP contribution >= 0.6 is 11.6 Å². The van der Waals surface area contributed by atoms with E-state index in [1.54, 1.807) is 7.11 Å². The molecule has 6 heteroatoms. The summed E-state index contributed by atoms with van der Waals surface area (Å²) >= 11 is 6.29. The number of aromatic nitrogens is 1. The maximum absolute atomic E-state index is 12.0. The zero-order valence-electron chi connectivity index (χ0n) is 14.2. The van der Waals surface area contributed by atoms with Crippen LogP contribution < -0.4 is 10.1 Å². The third-order valence-corrected chi connectivity index (χ3v) is 4.89. The second kappa shape index (κ2) is 6.65. The van der Waals surface area contributed by atoms with E-state index in [9.17, 15) is 4.79 Å². The van der Waals surface area contributed by atoms with Crippen molar-refractivity contribution in [1.29, 1.82) is 0 Å². The lowest BCUT2D eigenvalue weighted by Gasteiger charge is -2.12. The molecule has 1 heterocycles. The molecule has 1 saturated carbocycles. The molecule has 0 radical (unpaired) electrons. The van der Waals surface area contributed by atoms with Crippen LogP contribution in [0, 0.1) is 5.41 Å². The quantitative estimate of drug-likeness (QED) is 0.801. The lowest BCUT2D eigenvalue weighted by Crippen LogP contribution is -2.29. The number of halogens is 1. The maximum Gasteiger partial charge on any atom is 0.226 e. The zero-order valence-corrected chi connectivity index (χ0v) is 15.0. The number of fused-ring (bicyclic) bond motifs is 1. The number of ether oxygens (including phenoxy) is 2. The normalized spacial score (nSPS) is 16.8. The van der Waals surface area contributed by atoms with Gasteiger partial charge in [-0.2, -0.15) is 0 Å². The predicted octanol–water partition coefficient (Wildman–Crippen LogP) is 3.65. The van der Waals surface area contributed by atoms with Crippen molar-refractivity contribution < 1.29 is 14.3 Å². The van der Waals surface area contributed by atoms with Crippen LogP contribution in [0.1, 0.15) is 32.4 Å². The van der Waals surface area contributed by atoms with Gasteiger partial charge in [0, 0.05) is 35.2 Å². The van der Waals surface area contributed by atoms with E-state index >= 15 is 0 Å². The first-order valence-corrected chi connectivity index (χ1v) is 8.54. The molecule has 1 fully saturated rings. The number of hydrogen-bond acceptors (Lipinski definition) is 3. The fourth-order valence-electron chi connectivity index (χ4n) is 2.48. The summed E-state index contributed by atoms with van der Waals surface area (Å²) in [7, 11) is 1.65. The zero-order chi connectivity index (χ0) is 17.3. The number of rotatable bonds is 7. The lowest BCUT2D eigenvalue weighted by molar-refractivity contribution is -0.125. The molecule has 3 rings (SSSR count). The fourth-order valence-corrected chi connectivity index (χ4v) is 2.70. The number of H-pyrrole nitrogens is 1. The van der Waals surface area contributed by atoms with Gasteiger partial charge in [-0.25, -0.2) is 0 Å². The molecule has 24 heavy (non-hydrogen) atoms. The van der Waals surface area contributed by atoms with Crippen LogP contribution in [0.15, 0.2) is 18.2 Å². The molecule has 0 saturated heterocycles. The Morgan fingerprint density at radius 3 is 2.83 bits per heavy atom. The van der Waals surface area contributed by atoms with Gasteiger partial charge in [0.1, 0.15) is 12.4 Å². The van der Waals surface area contributed by atoms with Crippen molar-refractivity contribution in [1.82, 2.24) is 10.3 Å². The standard InChI is InChI=1S/C18H23ClN2O3/c1-11(23-3)10-24-16-8-15-12(7-14(16)19)6-13(21-15)9-20-17(22)18(2)4-5-18/h6-8,11,21H,4-5,9-10H2,1-3H3,(H,20,22). The smallest absolute Gasteiger partial charge is 0.226 e. The highest BCUT2D eigenvalue weighted by Crippen LogP contribution is 2.45. The SMILES string of the molecule is COC(C)COc1cc2[nH]c(CNC(=O)C3(C)CC3)cc2cc1Cl. The molecule has 1 amide bonds. The van der Waals surface area contributed by atoms with Gasteiger partial charge in [-0.3, -0.25) is 4.79 Å². The van der Waals surface area contributed by atoms with E-state index in [-0.39, 0.29) is 17.4 Å². The second-order valence-corrected chi connectivity index (χ2v) is 7.17. The van der Waals surface area contributed by atoms with Crippen molar-refractivity contribution >= 4 is 28.4 Å². The second-order valence-electron chi connectivity index (χ2n) is 6.77. The van der Waals surface area contributed by atoms with Crippen molar-refractivity contribution in [3.8, 4) is 5.75 Å². The van der Waals surface area contributed by atoms with Crippen LogP contribution in [0.25, 0.3) is 10.9 Å². The van der Waals surface area contributed by atoms with Gasteiger partial charge < -0.3 is 19.8 Å². The molecule has 1 aromatic carbocycles. The highest BCUT2D eigenvalue weighted by molar-refractivity contribution is 6.32. The van der Waals surface area contributed by atoms with Crippen molar-refractivity contribution in [3.63, 3.8) is 0 Å². The van der Waals surface area contributed by atoms with Gasteiger partial charge in [-0.05, 0) is 31.9 Å². The van der Waals surface area contributed by atoms with Crippen molar-refractivity contribution in [2.45, 2.75) is 39.3 Å². The number of methoxy groups -OCH3 is 1. The third-order valence-electron chi connectivity index (χ3n) is 4.59. The van der Waals surface area contributed by atoms with Crippen LogP contribution in [0.4, 0.5) is 0 Å². The lowest BCUT2D eigenvalue weighted by atomic mass is 10.1. The summed E-state index contributed by atoms with van der Waals surface area (Å²) in [6, 6.07) is 5.75. The van der Waals surface area contributed by atoms with Crippen LogP contribution in [0.5, 0.6) is 5.75 Å². The molecule has 1 aliphatic rings. The Morgan fingerprint density at radius 2 is 2.17 bits per heavy atom. The monoisotopic (exact) mass is 350 g/mol. The van der Waals surface area contributed by atoms with E-state index in [4.69, 9.17) is 21.1 Å². The summed E-state index contributed by atoms with van der Waals surface area (Å²) < 4.78 is 10.9. The van der Waals surface area contributed by atoms with Crippen LogP contribution in [0.3, 0.4) is 0 Å². The first-order valence-electron chi connectivity index (χ1n) is 8.16. The topological polar surface area (TPSA) is 63.4 Å². The summed E-state index contributed by atoms with van der Waals surface area (Å²) in [6.07, 6.45) is 1.94. The van der Waals surface area contributed by atoms with E-state index in [0.717, 1.165) is 29.4 Å². The largest absolute Gasteiger partial charge is 0.489 e. The number of aromatic amines is 1. The average molecular weight is 351 g/mol.